The Morgan fingerprint density at radius 1 is 1.53 bits per heavy atom. The summed E-state index contributed by atoms with van der Waals surface area (Å²) in [6, 6.07) is 1.04. The van der Waals surface area contributed by atoms with Crippen molar-refractivity contribution in [2.24, 2.45) is 0 Å². The molecule has 0 saturated carbocycles. The number of ether oxygens (including phenoxy) is 1. The van der Waals surface area contributed by atoms with E-state index in [0.29, 0.717) is 0 Å². The van der Waals surface area contributed by atoms with Crippen LogP contribution in [0.5, 0.6) is 0 Å². The third-order valence-electron chi connectivity index (χ3n) is 2.11. The first-order valence-corrected chi connectivity index (χ1v) is 5.52. The predicted molar refractivity (Wildman–Crippen MR) is 62.9 cm³/mol. The third kappa shape index (κ3) is 5.12. The molecule has 1 amide bonds. The Hall–Kier alpha value is -1.83. The summed E-state index contributed by atoms with van der Waals surface area (Å²) < 4.78 is 41.1. The van der Waals surface area contributed by atoms with Crippen LogP contribution >= 0.6 is 0 Å². The van der Waals surface area contributed by atoms with E-state index >= 15 is 0 Å². The fourth-order valence-electron chi connectivity index (χ4n) is 1.32. The second-order valence-corrected chi connectivity index (χ2v) is 3.52. The maximum absolute atomic E-state index is 13.0. The number of aromatic nitrogens is 1. The molecule has 106 valence electrons. The number of alkyl halides is 2. The molecular weight excluding hydrogens is 263 g/mol. The Labute approximate surface area is 108 Å². The van der Waals surface area contributed by atoms with Gasteiger partial charge in [0.05, 0.1) is 18.4 Å². The third-order valence-corrected chi connectivity index (χ3v) is 2.11. The summed E-state index contributed by atoms with van der Waals surface area (Å²) in [4.78, 5) is 15.4. The zero-order valence-corrected chi connectivity index (χ0v) is 10.3. The van der Waals surface area contributed by atoms with Gasteiger partial charge >= 0.3 is 0 Å². The number of nitrogens with one attached hydrogen (secondary N) is 2. The van der Waals surface area contributed by atoms with E-state index < -0.39 is 24.8 Å². The van der Waals surface area contributed by atoms with Gasteiger partial charge in [0.15, 0.2) is 0 Å². The van der Waals surface area contributed by atoms with E-state index in [9.17, 15) is 18.0 Å². The van der Waals surface area contributed by atoms with Crippen molar-refractivity contribution in [3.05, 3.63) is 23.6 Å². The fourth-order valence-corrected chi connectivity index (χ4v) is 1.32. The summed E-state index contributed by atoms with van der Waals surface area (Å²) in [7, 11) is 1.54. The number of carbonyl (C=O) groups excluding carboxylic acids is 1. The Morgan fingerprint density at radius 2 is 2.26 bits per heavy atom. The molecule has 0 aliphatic heterocycles. The second kappa shape index (κ2) is 7.57. The molecule has 2 N–H and O–H groups in total. The maximum Gasteiger partial charge on any atom is 0.261 e. The lowest BCUT2D eigenvalue weighted by Gasteiger charge is -2.09. The zero-order chi connectivity index (χ0) is 14.3. The van der Waals surface area contributed by atoms with Gasteiger partial charge in [0, 0.05) is 13.6 Å². The predicted octanol–water partition coefficient (Wildman–Crippen LogP) is 1.27. The van der Waals surface area contributed by atoms with Crippen LogP contribution in [0.3, 0.4) is 0 Å². The standard InChI is InChI=1S/C11H14F3N3O2/c1-15-10-8(4-7(12)5-17-10)11(18)16-2-3-19-6-9(13)14/h4-5,9H,2-3,6H2,1H3,(H,15,17)(H,16,18). The quantitative estimate of drug-likeness (QED) is 0.737. The van der Waals surface area contributed by atoms with Gasteiger partial charge in [0.1, 0.15) is 18.2 Å². The van der Waals surface area contributed by atoms with Gasteiger partial charge in [-0.1, -0.05) is 0 Å². The zero-order valence-electron chi connectivity index (χ0n) is 10.3. The van der Waals surface area contributed by atoms with Gasteiger partial charge in [-0.05, 0) is 6.07 Å². The van der Waals surface area contributed by atoms with Crippen molar-refractivity contribution in [2.75, 3.05) is 32.1 Å². The smallest absolute Gasteiger partial charge is 0.261 e. The summed E-state index contributed by atoms with van der Waals surface area (Å²) >= 11 is 0. The van der Waals surface area contributed by atoms with Crippen molar-refractivity contribution in [1.29, 1.82) is 0 Å². The first-order chi connectivity index (χ1) is 9.04. The Bertz CT molecular complexity index is 430. The van der Waals surface area contributed by atoms with E-state index in [1.807, 2.05) is 0 Å². The molecule has 1 heterocycles. The molecule has 1 rings (SSSR count). The molecule has 0 spiro atoms. The molecule has 1 aromatic heterocycles. The van der Waals surface area contributed by atoms with Crippen molar-refractivity contribution < 1.29 is 22.7 Å². The highest BCUT2D eigenvalue weighted by Gasteiger charge is 2.12. The highest BCUT2D eigenvalue weighted by Crippen LogP contribution is 2.12. The summed E-state index contributed by atoms with van der Waals surface area (Å²) in [6.07, 6.45) is -1.56. The molecular formula is C11H14F3N3O2. The summed E-state index contributed by atoms with van der Waals surface area (Å²) in [5.41, 5.74) is 0.0383. The molecule has 5 nitrogen and oxygen atoms in total. The normalized spacial score (nSPS) is 10.6. The number of pyridine rings is 1. The molecule has 0 saturated heterocycles. The first-order valence-electron chi connectivity index (χ1n) is 5.52. The summed E-state index contributed by atoms with van der Waals surface area (Å²) in [6.45, 7) is -0.682. The lowest BCUT2D eigenvalue weighted by atomic mass is 10.2. The van der Waals surface area contributed by atoms with Crippen molar-refractivity contribution in [3.63, 3.8) is 0 Å². The van der Waals surface area contributed by atoms with E-state index in [1.165, 1.54) is 0 Å². The highest BCUT2D eigenvalue weighted by molar-refractivity contribution is 5.98. The van der Waals surface area contributed by atoms with Gasteiger partial charge in [0.25, 0.3) is 12.3 Å². The monoisotopic (exact) mass is 277 g/mol. The number of carbonyl (C=O) groups is 1. The molecule has 0 radical (unpaired) electrons. The second-order valence-electron chi connectivity index (χ2n) is 3.52. The number of amides is 1. The molecule has 0 aliphatic rings. The van der Waals surface area contributed by atoms with Crippen LogP contribution in [-0.4, -0.2) is 44.1 Å². The average Bonchev–Trinajstić information content (AvgIpc) is 2.37. The van der Waals surface area contributed by atoms with Crippen molar-refractivity contribution in [2.45, 2.75) is 6.43 Å². The van der Waals surface area contributed by atoms with Crippen LogP contribution in [0.25, 0.3) is 0 Å². The molecule has 0 bridgehead atoms. The highest BCUT2D eigenvalue weighted by atomic mass is 19.3. The van der Waals surface area contributed by atoms with Gasteiger partial charge in [-0.25, -0.2) is 18.2 Å². The number of anilines is 1. The Morgan fingerprint density at radius 3 is 2.89 bits per heavy atom. The number of hydrogen-bond acceptors (Lipinski definition) is 4. The van der Waals surface area contributed by atoms with Gasteiger partial charge in [-0.2, -0.15) is 0 Å². The Kier molecular flexibility index (Phi) is 6.07. The van der Waals surface area contributed by atoms with Gasteiger partial charge in [-0.3, -0.25) is 4.79 Å². The molecule has 8 heteroatoms. The molecule has 1 aromatic rings. The lowest BCUT2D eigenvalue weighted by molar-refractivity contribution is 0.0188. The van der Waals surface area contributed by atoms with E-state index in [0.717, 1.165) is 12.3 Å². The molecule has 0 fully saturated rings. The number of hydrogen-bond donors (Lipinski definition) is 2. The topological polar surface area (TPSA) is 63.2 Å². The van der Waals surface area contributed by atoms with Crippen molar-refractivity contribution in [1.82, 2.24) is 10.3 Å². The molecule has 19 heavy (non-hydrogen) atoms. The minimum absolute atomic E-state index is 0.0383. The van der Waals surface area contributed by atoms with Crippen LogP contribution in [0.1, 0.15) is 10.4 Å². The van der Waals surface area contributed by atoms with Crippen molar-refractivity contribution in [3.8, 4) is 0 Å². The lowest BCUT2D eigenvalue weighted by Crippen LogP contribution is -2.28. The maximum atomic E-state index is 13.0. The van der Waals surface area contributed by atoms with E-state index in [2.05, 4.69) is 20.4 Å². The molecule has 0 aliphatic carbocycles. The number of rotatable bonds is 7. The largest absolute Gasteiger partial charge is 0.374 e. The Balaban J connectivity index is 2.47. The minimum atomic E-state index is -2.54. The first kappa shape index (κ1) is 15.2. The van der Waals surface area contributed by atoms with Crippen molar-refractivity contribution >= 4 is 11.7 Å². The van der Waals surface area contributed by atoms with E-state index in [1.54, 1.807) is 7.05 Å². The molecule has 0 aromatic carbocycles. The van der Waals surface area contributed by atoms with Crippen LogP contribution in [0, 0.1) is 5.82 Å². The molecule has 0 atom stereocenters. The van der Waals surface area contributed by atoms with Crippen LogP contribution in [0.2, 0.25) is 0 Å². The van der Waals surface area contributed by atoms with Crippen LogP contribution in [0.15, 0.2) is 12.3 Å². The summed E-state index contributed by atoms with van der Waals surface area (Å²) in [5, 5.41) is 5.07. The van der Waals surface area contributed by atoms with Crippen LogP contribution in [-0.2, 0) is 4.74 Å². The minimum Gasteiger partial charge on any atom is -0.374 e. The van der Waals surface area contributed by atoms with Crippen LogP contribution in [0.4, 0.5) is 19.0 Å². The van der Waals surface area contributed by atoms with Gasteiger partial charge < -0.3 is 15.4 Å². The molecule has 0 unspecified atom stereocenters. The number of nitrogens with zero attached hydrogens (tertiary/aromatic N) is 1. The van der Waals surface area contributed by atoms with E-state index in [-0.39, 0.29) is 24.5 Å². The number of halogens is 3. The van der Waals surface area contributed by atoms with Crippen LogP contribution < -0.4 is 10.6 Å². The van der Waals surface area contributed by atoms with E-state index in [4.69, 9.17) is 0 Å². The average molecular weight is 277 g/mol. The van der Waals surface area contributed by atoms with Gasteiger partial charge in [0.2, 0.25) is 0 Å². The SMILES string of the molecule is CNc1ncc(F)cc1C(=O)NCCOCC(F)F. The fraction of sp³-hybridized carbons (Fsp3) is 0.455. The summed E-state index contributed by atoms with van der Waals surface area (Å²) in [5.74, 6) is -0.970. The van der Waals surface area contributed by atoms with Gasteiger partial charge in [-0.15, -0.1) is 0 Å².